The smallest absolute Gasteiger partial charge is 0.320 e. The number of piperidine rings is 1. The van der Waals surface area contributed by atoms with Gasteiger partial charge in [0.2, 0.25) is 0 Å². The molecule has 0 bridgehead atoms. The van der Waals surface area contributed by atoms with Crippen LogP contribution >= 0.6 is 0 Å². The summed E-state index contributed by atoms with van der Waals surface area (Å²) >= 11 is 0. The summed E-state index contributed by atoms with van der Waals surface area (Å²) in [6, 6.07) is -0.259. The molecule has 0 spiro atoms. The largest absolute Gasteiger partial charge is 0.480 e. The number of nitrogens with one attached hydrogen (secondary N) is 1. The molecule has 1 aliphatic heterocycles. The second-order valence-corrected chi connectivity index (χ2v) is 5.94. The summed E-state index contributed by atoms with van der Waals surface area (Å²) in [7, 11) is 0. The normalized spacial score (nSPS) is 22.1. The third-order valence-electron chi connectivity index (χ3n) is 3.59. The van der Waals surface area contributed by atoms with Gasteiger partial charge >= 0.3 is 5.97 Å². The Hall–Kier alpha value is -0.650. The molecule has 0 aromatic rings. The Kier molecular flexibility index (Phi) is 8.11. The molecule has 2 unspecified atom stereocenters. The Labute approximate surface area is 122 Å². The maximum absolute atomic E-state index is 11.2. The number of carboxylic acid groups (broad SMARTS) is 1. The number of carbonyl (C=O) groups is 1. The maximum atomic E-state index is 11.2. The minimum atomic E-state index is -0.755. The minimum absolute atomic E-state index is 0.193. The van der Waals surface area contributed by atoms with Crippen LogP contribution in [0, 0.1) is 0 Å². The molecule has 1 heterocycles. The van der Waals surface area contributed by atoms with Crippen LogP contribution in [-0.4, -0.2) is 60.4 Å². The molecular formula is C15H30N2O3. The van der Waals surface area contributed by atoms with Gasteiger partial charge in [-0.2, -0.15) is 0 Å². The van der Waals surface area contributed by atoms with Crippen LogP contribution < -0.4 is 5.32 Å². The van der Waals surface area contributed by atoms with Crippen molar-refractivity contribution in [3.63, 3.8) is 0 Å². The molecule has 2 atom stereocenters. The van der Waals surface area contributed by atoms with Crippen LogP contribution in [0.4, 0.5) is 0 Å². The fraction of sp³-hybridized carbons (Fsp3) is 0.933. The van der Waals surface area contributed by atoms with Crippen molar-refractivity contribution in [1.29, 1.82) is 0 Å². The summed E-state index contributed by atoms with van der Waals surface area (Å²) in [6.45, 7) is 9.72. The third-order valence-corrected chi connectivity index (χ3v) is 3.59. The van der Waals surface area contributed by atoms with Crippen molar-refractivity contribution in [3.05, 3.63) is 0 Å². The standard InChI is InChI=1S/C15H30N2O3/c1-4-10-20-13-6-5-8-17(11-13)9-7-14(15(18)19)16-12(2)3/h12-14,16H,4-11H2,1-3H3,(H,18,19). The molecule has 0 saturated carbocycles. The van der Waals surface area contributed by atoms with Crippen LogP contribution in [0.5, 0.6) is 0 Å². The number of hydrogen-bond acceptors (Lipinski definition) is 4. The van der Waals surface area contributed by atoms with Crippen LogP contribution in [0.2, 0.25) is 0 Å². The number of likely N-dealkylation sites (tertiary alicyclic amines) is 1. The highest BCUT2D eigenvalue weighted by Crippen LogP contribution is 2.14. The second kappa shape index (κ2) is 9.32. The number of carboxylic acids is 1. The number of nitrogens with zero attached hydrogens (tertiary/aromatic N) is 1. The molecule has 5 heteroatoms. The molecule has 1 saturated heterocycles. The zero-order chi connectivity index (χ0) is 15.0. The monoisotopic (exact) mass is 286 g/mol. The van der Waals surface area contributed by atoms with Crippen LogP contribution in [0.15, 0.2) is 0 Å². The molecule has 0 radical (unpaired) electrons. The van der Waals surface area contributed by atoms with Gasteiger partial charge in [0.15, 0.2) is 0 Å². The summed E-state index contributed by atoms with van der Waals surface area (Å²) in [5.41, 5.74) is 0. The van der Waals surface area contributed by atoms with Gasteiger partial charge in [0.25, 0.3) is 0 Å². The Balaban J connectivity index is 2.33. The number of aliphatic carboxylic acids is 1. The number of rotatable bonds is 9. The summed E-state index contributed by atoms with van der Waals surface area (Å²) in [5, 5.41) is 12.3. The lowest BCUT2D eigenvalue weighted by Crippen LogP contribution is -2.45. The fourth-order valence-electron chi connectivity index (χ4n) is 2.63. The lowest BCUT2D eigenvalue weighted by molar-refractivity contribution is -0.140. The van der Waals surface area contributed by atoms with E-state index in [4.69, 9.17) is 4.74 Å². The van der Waals surface area contributed by atoms with Gasteiger partial charge in [0.05, 0.1) is 6.10 Å². The van der Waals surface area contributed by atoms with E-state index in [-0.39, 0.29) is 6.04 Å². The van der Waals surface area contributed by atoms with Crippen molar-refractivity contribution in [2.24, 2.45) is 0 Å². The zero-order valence-corrected chi connectivity index (χ0v) is 13.1. The lowest BCUT2D eigenvalue weighted by Gasteiger charge is -2.33. The van der Waals surface area contributed by atoms with E-state index in [0.717, 1.165) is 45.5 Å². The molecule has 20 heavy (non-hydrogen) atoms. The first-order valence-corrected chi connectivity index (χ1v) is 7.85. The molecule has 118 valence electrons. The van der Waals surface area contributed by atoms with E-state index in [2.05, 4.69) is 17.1 Å². The van der Waals surface area contributed by atoms with Gasteiger partial charge in [-0.3, -0.25) is 4.79 Å². The van der Waals surface area contributed by atoms with E-state index in [9.17, 15) is 9.90 Å². The Morgan fingerprint density at radius 2 is 2.25 bits per heavy atom. The van der Waals surface area contributed by atoms with Crippen molar-refractivity contribution < 1.29 is 14.6 Å². The Morgan fingerprint density at radius 3 is 2.85 bits per heavy atom. The summed E-state index contributed by atoms with van der Waals surface area (Å²) in [4.78, 5) is 13.5. The highest BCUT2D eigenvalue weighted by Gasteiger charge is 2.23. The molecule has 2 N–H and O–H groups in total. The Bertz CT molecular complexity index is 284. The van der Waals surface area contributed by atoms with E-state index in [1.165, 1.54) is 0 Å². The molecule has 1 aliphatic rings. The zero-order valence-electron chi connectivity index (χ0n) is 13.1. The first-order valence-electron chi connectivity index (χ1n) is 7.85. The van der Waals surface area contributed by atoms with Gasteiger partial charge in [-0.15, -0.1) is 0 Å². The van der Waals surface area contributed by atoms with Crippen LogP contribution in [0.1, 0.15) is 46.5 Å². The number of ether oxygens (including phenoxy) is 1. The van der Waals surface area contributed by atoms with E-state index >= 15 is 0 Å². The molecule has 0 aliphatic carbocycles. The lowest BCUT2D eigenvalue weighted by atomic mass is 10.1. The average Bonchev–Trinajstić information content (AvgIpc) is 2.41. The van der Waals surface area contributed by atoms with Crippen LogP contribution in [0.3, 0.4) is 0 Å². The second-order valence-electron chi connectivity index (χ2n) is 5.94. The van der Waals surface area contributed by atoms with Gasteiger partial charge in [-0.25, -0.2) is 0 Å². The van der Waals surface area contributed by atoms with Gasteiger partial charge < -0.3 is 20.1 Å². The fourth-order valence-corrected chi connectivity index (χ4v) is 2.63. The minimum Gasteiger partial charge on any atom is -0.480 e. The quantitative estimate of drug-likeness (QED) is 0.676. The highest BCUT2D eigenvalue weighted by molar-refractivity contribution is 5.73. The van der Waals surface area contributed by atoms with Gasteiger partial charge in [0.1, 0.15) is 6.04 Å². The topological polar surface area (TPSA) is 61.8 Å². The molecule has 1 rings (SSSR count). The number of hydrogen-bond donors (Lipinski definition) is 2. The predicted molar refractivity (Wildman–Crippen MR) is 80.0 cm³/mol. The Morgan fingerprint density at radius 1 is 1.50 bits per heavy atom. The van der Waals surface area contributed by atoms with Gasteiger partial charge in [-0.1, -0.05) is 20.8 Å². The summed E-state index contributed by atoms with van der Waals surface area (Å²) in [5.74, 6) is -0.755. The summed E-state index contributed by atoms with van der Waals surface area (Å²) < 4.78 is 5.81. The van der Waals surface area contributed by atoms with Crippen LogP contribution in [-0.2, 0) is 9.53 Å². The van der Waals surface area contributed by atoms with Crippen molar-refractivity contribution >= 4 is 5.97 Å². The first kappa shape index (κ1) is 17.4. The molecule has 5 nitrogen and oxygen atoms in total. The maximum Gasteiger partial charge on any atom is 0.320 e. The highest BCUT2D eigenvalue weighted by atomic mass is 16.5. The SMILES string of the molecule is CCCOC1CCCN(CCC(NC(C)C)C(=O)O)C1. The van der Waals surface area contributed by atoms with E-state index < -0.39 is 12.0 Å². The summed E-state index contributed by atoms with van der Waals surface area (Å²) in [6.07, 6.45) is 4.29. The molecule has 0 aromatic heterocycles. The van der Waals surface area contributed by atoms with Crippen molar-refractivity contribution in [1.82, 2.24) is 10.2 Å². The molecular weight excluding hydrogens is 256 g/mol. The average molecular weight is 286 g/mol. The first-order chi connectivity index (χ1) is 9.52. The molecule has 1 fully saturated rings. The third kappa shape index (κ3) is 6.68. The van der Waals surface area contributed by atoms with E-state index in [1.54, 1.807) is 0 Å². The van der Waals surface area contributed by atoms with E-state index in [0.29, 0.717) is 12.5 Å². The van der Waals surface area contributed by atoms with Crippen molar-refractivity contribution in [2.75, 3.05) is 26.2 Å². The molecule has 0 aromatic carbocycles. The van der Waals surface area contributed by atoms with Crippen molar-refractivity contribution in [2.45, 2.75) is 64.6 Å². The van der Waals surface area contributed by atoms with E-state index in [1.807, 2.05) is 13.8 Å². The van der Waals surface area contributed by atoms with Gasteiger partial charge in [-0.05, 0) is 32.2 Å². The molecule has 0 amide bonds. The van der Waals surface area contributed by atoms with Crippen molar-refractivity contribution in [3.8, 4) is 0 Å². The van der Waals surface area contributed by atoms with Crippen LogP contribution in [0.25, 0.3) is 0 Å². The predicted octanol–water partition coefficient (Wildman–Crippen LogP) is 1.72. The van der Waals surface area contributed by atoms with Gasteiger partial charge in [0, 0.05) is 25.7 Å².